The Labute approximate surface area is 69.0 Å². The average Bonchev–Trinajstić information content (AvgIpc) is 2.48. The highest BCUT2D eigenvalue weighted by atomic mass is 16.5. The van der Waals surface area contributed by atoms with Gasteiger partial charge < -0.3 is 4.52 Å². The molecule has 3 nitrogen and oxygen atoms in total. The second-order valence-electron chi connectivity index (χ2n) is 2.61. The van der Waals surface area contributed by atoms with Crippen LogP contribution in [0.3, 0.4) is 0 Å². The van der Waals surface area contributed by atoms with Crippen LogP contribution in [0.5, 0.6) is 0 Å². The fraction of sp³-hybridized carbons (Fsp3) is 0.111. The lowest BCUT2D eigenvalue weighted by Gasteiger charge is -1.90. The summed E-state index contributed by atoms with van der Waals surface area (Å²) in [6, 6.07) is 5.32. The predicted octanol–water partition coefficient (Wildman–Crippen LogP) is 1.95. The lowest BCUT2D eigenvalue weighted by atomic mass is 10.1. The van der Waals surface area contributed by atoms with Crippen LogP contribution in [0.4, 0.5) is 0 Å². The van der Waals surface area contributed by atoms with Crippen LogP contribution in [0.25, 0.3) is 11.0 Å². The molecule has 0 amide bonds. The Balaban J connectivity index is 2.93. The number of aryl methyl sites for hydroxylation is 1. The maximum Gasteiger partial charge on any atom is 0.167 e. The molecule has 0 aliphatic heterocycles. The van der Waals surface area contributed by atoms with E-state index >= 15 is 0 Å². The van der Waals surface area contributed by atoms with E-state index in [2.05, 4.69) is 5.16 Å². The van der Waals surface area contributed by atoms with Crippen LogP contribution in [-0.2, 0) is 0 Å². The van der Waals surface area contributed by atoms with Crippen LogP contribution in [0, 0.1) is 6.92 Å². The lowest BCUT2D eigenvalue weighted by molar-refractivity contribution is 0.112. The van der Waals surface area contributed by atoms with Gasteiger partial charge >= 0.3 is 0 Å². The van der Waals surface area contributed by atoms with E-state index in [9.17, 15) is 4.79 Å². The van der Waals surface area contributed by atoms with Gasteiger partial charge in [0.25, 0.3) is 0 Å². The van der Waals surface area contributed by atoms with Gasteiger partial charge in [0.05, 0.1) is 11.1 Å². The van der Waals surface area contributed by atoms with Crippen molar-refractivity contribution in [1.82, 2.24) is 5.16 Å². The number of aromatic nitrogens is 1. The molecule has 1 aromatic carbocycles. The zero-order chi connectivity index (χ0) is 8.55. The first-order valence-electron chi connectivity index (χ1n) is 3.63. The molecular weight excluding hydrogens is 154 g/mol. The molecule has 0 unspecified atom stereocenters. The van der Waals surface area contributed by atoms with Gasteiger partial charge in [0.2, 0.25) is 0 Å². The van der Waals surface area contributed by atoms with Gasteiger partial charge in [0, 0.05) is 5.56 Å². The third-order valence-electron chi connectivity index (χ3n) is 1.83. The summed E-state index contributed by atoms with van der Waals surface area (Å²) >= 11 is 0. The van der Waals surface area contributed by atoms with E-state index in [4.69, 9.17) is 4.52 Å². The van der Waals surface area contributed by atoms with Gasteiger partial charge in [0.1, 0.15) is 0 Å². The van der Waals surface area contributed by atoms with Crippen LogP contribution in [0.2, 0.25) is 0 Å². The second kappa shape index (κ2) is 2.44. The Morgan fingerprint density at radius 2 is 2.33 bits per heavy atom. The van der Waals surface area contributed by atoms with E-state index in [1.165, 1.54) is 0 Å². The summed E-state index contributed by atoms with van der Waals surface area (Å²) in [5.41, 5.74) is 2.05. The standard InChI is InChI=1S/C9H7NO2/c1-6-9-7(5-11)3-2-4-8(9)12-10-6/h2-5H,1H3. The molecule has 0 aliphatic rings. The minimum Gasteiger partial charge on any atom is -0.356 e. The van der Waals surface area contributed by atoms with Crippen molar-refractivity contribution >= 4 is 17.3 Å². The van der Waals surface area contributed by atoms with Crippen LogP contribution < -0.4 is 0 Å². The second-order valence-corrected chi connectivity index (χ2v) is 2.61. The van der Waals surface area contributed by atoms with Gasteiger partial charge in [-0.25, -0.2) is 0 Å². The summed E-state index contributed by atoms with van der Waals surface area (Å²) in [5.74, 6) is 0. The number of carbonyl (C=O) groups is 1. The third kappa shape index (κ3) is 0.830. The van der Waals surface area contributed by atoms with Crippen molar-refractivity contribution in [3.63, 3.8) is 0 Å². The predicted molar refractivity (Wildman–Crippen MR) is 44.1 cm³/mol. The smallest absolute Gasteiger partial charge is 0.167 e. The minimum atomic E-state index is 0.631. The molecule has 0 radical (unpaired) electrons. The summed E-state index contributed by atoms with van der Waals surface area (Å²) in [6.45, 7) is 1.82. The largest absolute Gasteiger partial charge is 0.356 e. The zero-order valence-electron chi connectivity index (χ0n) is 6.57. The molecule has 0 bridgehead atoms. The fourth-order valence-electron chi connectivity index (χ4n) is 1.27. The molecule has 60 valence electrons. The Hall–Kier alpha value is -1.64. The Bertz CT molecular complexity index is 431. The number of fused-ring (bicyclic) bond motifs is 1. The average molecular weight is 161 g/mol. The van der Waals surface area contributed by atoms with Gasteiger partial charge in [-0.2, -0.15) is 0 Å². The molecule has 12 heavy (non-hydrogen) atoms. The monoisotopic (exact) mass is 161 g/mol. The number of benzene rings is 1. The van der Waals surface area contributed by atoms with Crippen molar-refractivity contribution in [2.75, 3.05) is 0 Å². The van der Waals surface area contributed by atoms with Crippen molar-refractivity contribution in [3.05, 3.63) is 29.5 Å². The topological polar surface area (TPSA) is 43.1 Å². The molecule has 3 heteroatoms. The van der Waals surface area contributed by atoms with Gasteiger partial charge in [-0.15, -0.1) is 0 Å². The van der Waals surface area contributed by atoms with Crippen molar-refractivity contribution < 1.29 is 9.32 Å². The van der Waals surface area contributed by atoms with Crippen LogP contribution in [0.15, 0.2) is 22.7 Å². The van der Waals surface area contributed by atoms with Gasteiger partial charge in [-0.05, 0) is 13.0 Å². The Morgan fingerprint density at radius 1 is 1.50 bits per heavy atom. The van der Waals surface area contributed by atoms with Crippen molar-refractivity contribution in [2.24, 2.45) is 0 Å². The highest BCUT2D eigenvalue weighted by Gasteiger charge is 2.07. The highest BCUT2D eigenvalue weighted by molar-refractivity contribution is 5.96. The van der Waals surface area contributed by atoms with E-state index in [-0.39, 0.29) is 0 Å². The van der Waals surface area contributed by atoms with E-state index in [1.807, 2.05) is 6.92 Å². The first kappa shape index (κ1) is 7.03. The summed E-state index contributed by atoms with van der Waals surface area (Å²) in [6.07, 6.45) is 0.812. The van der Waals surface area contributed by atoms with Crippen molar-refractivity contribution in [3.8, 4) is 0 Å². The molecule has 0 saturated heterocycles. The van der Waals surface area contributed by atoms with E-state index < -0.39 is 0 Å². The number of hydrogen-bond acceptors (Lipinski definition) is 3. The molecule has 0 N–H and O–H groups in total. The maximum atomic E-state index is 10.6. The summed E-state index contributed by atoms with van der Waals surface area (Å²) in [7, 11) is 0. The van der Waals surface area contributed by atoms with Crippen LogP contribution in [0.1, 0.15) is 16.1 Å². The Kier molecular flexibility index (Phi) is 1.43. The molecule has 0 saturated carbocycles. The van der Waals surface area contributed by atoms with Crippen molar-refractivity contribution in [1.29, 1.82) is 0 Å². The third-order valence-corrected chi connectivity index (χ3v) is 1.83. The molecule has 0 aliphatic carbocycles. The first-order chi connectivity index (χ1) is 5.83. The van der Waals surface area contributed by atoms with E-state index in [1.54, 1.807) is 18.2 Å². The van der Waals surface area contributed by atoms with Gasteiger partial charge in [-0.1, -0.05) is 17.3 Å². The summed E-state index contributed by atoms with van der Waals surface area (Å²) < 4.78 is 4.98. The molecule has 2 aromatic rings. The Morgan fingerprint density at radius 3 is 3.08 bits per heavy atom. The van der Waals surface area contributed by atoms with Gasteiger partial charge in [0.15, 0.2) is 11.9 Å². The number of rotatable bonds is 1. The maximum absolute atomic E-state index is 10.6. The van der Waals surface area contributed by atoms with Crippen LogP contribution in [-0.4, -0.2) is 11.4 Å². The molecular formula is C9H7NO2. The molecule has 2 rings (SSSR count). The lowest BCUT2D eigenvalue weighted by Crippen LogP contribution is -1.81. The molecule has 0 atom stereocenters. The normalized spacial score (nSPS) is 10.4. The quantitative estimate of drug-likeness (QED) is 0.600. The fourth-order valence-corrected chi connectivity index (χ4v) is 1.27. The van der Waals surface area contributed by atoms with E-state index in [0.29, 0.717) is 11.1 Å². The number of carbonyl (C=O) groups excluding carboxylic acids is 1. The molecule has 1 heterocycles. The summed E-state index contributed by atoms with van der Waals surface area (Å²) in [4.78, 5) is 10.6. The number of hydrogen-bond donors (Lipinski definition) is 0. The summed E-state index contributed by atoms with van der Waals surface area (Å²) in [5, 5.41) is 4.58. The van der Waals surface area contributed by atoms with Crippen LogP contribution >= 0.6 is 0 Å². The highest BCUT2D eigenvalue weighted by Crippen LogP contribution is 2.20. The molecule has 0 fully saturated rings. The number of aldehydes is 1. The zero-order valence-corrected chi connectivity index (χ0v) is 6.57. The van der Waals surface area contributed by atoms with Gasteiger partial charge in [-0.3, -0.25) is 4.79 Å². The first-order valence-corrected chi connectivity index (χ1v) is 3.63. The molecule has 1 aromatic heterocycles. The molecule has 0 spiro atoms. The minimum absolute atomic E-state index is 0.631. The SMILES string of the molecule is Cc1noc2cccc(C=O)c12. The van der Waals surface area contributed by atoms with Crippen molar-refractivity contribution in [2.45, 2.75) is 6.92 Å². The van der Waals surface area contributed by atoms with E-state index in [0.717, 1.165) is 17.4 Å². The number of nitrogens with zero attached hydrogens (tertiary/aromatic N) is 1.